The maximum Gasteiger partial charge on any atom is 0.248 e. The van der Waals surface area contributed by atoms with Gasteiger partial charge in [0.25, 0.3) is 0 Å². The quantitative estimate of drug-likeness (QED) is 0.195. The molecule has 0 radical (unpaired) electrons. The molecule has 1 unspecified atom stereocenters. The minimum Gasteiger partial charge on any atom is -0.342 e. The lowest BCUT2D eigenvalue weighted by Crippen LogP contribution is -2.51. The zero-order chi connectivity index (χ0) is 41.6. The van der Waals surface area contributed by atoms with Gasteiger partial charge in [-0.1, -0.05) is 90.6 Å². The first kappa shape index (κ1) is 41.1. The summed E-state index contributed by atoms with van der Waals surface area (Å²) in [5, 5.41) is 2.59. The predicted molar refractivity (Wildman–Crippen MR) is 222 cm³/mol. The Morgan fingerprint density at radius 2 is 1.64 bits per heavy atom. The Hall–Kier alpha value is -3.60. The number of rotatable bonds is 14. The highest BCUT2D eigenvalue weighted by Gasteiger charge is 2.85. The number of nitrogens with zero attached hydrogens (tertiary/aromatic N) is 1. The van der Waals surface area contributed by atoms with Crippen molar-refractivity contribution >= 4 is 45.4 Å². The molecule has 2 N–H and O–H groups in total. The van der Waals surface area contributed by atoms with Gasteiger partial charge >= 0.3 is 0 Å². The van der Waals surface area contributed by atoms with E-state index < -0.39 is 50.0 Å². The number of amides is 3. The van der Waals surface area contributed by atoms with E-state index in [0.717, 1.165) is 62.5 Å². The van der Waals surface area contributed by atoms with Crippen LogP contribution in [-0.2, 0) is 40.4 Å². The van der Waals surface area contributed by atoms with Crippen LogP contribution < -0.4 is 10.0 Å². The molecule has 2 spiro atoms. The number of hydrogen-bond acceptors (Lipinski definition) is 7. The Kier molecular flexibility index (Phi) is 10.1. The number of Topliss-reactive ketones (excluding diaryl/α,β-unsaturated/α-hetero) is 2. The largest absolute Gasteiger partial charge is 0.342 e. The van der Waals surface area contributed by atoms with E-state index in [0.29, 0.717) is 44.2 Å². The second kappa shape index (κ2) is 14.3. The van der Waals surface area contributed by atoms with Crippen LogP contribution in [0.15, 0.2) is 42.5 Å². The van der Waals surface area contributed by atoms with Crippen molar-refractivity contribution in [3.8, 4) is 0 Å². The minimum atomic E-state index is -3.83. The SMILES string of the molecule is C=C[C@@H]1C[C@]1(CC(=O)[C@@H]1C[C@@]2(CN1C(=O)[C@@H](CC(=O)C(NC(=O)C1=Cc3ccccc3C1)C1CCCCC1)C(C)(C)C)C(C)(C)C21CCC1)C(=O)NS(=O)(=O)C1CC1. The fourth-order valence-corrected chi connectivity index (χ4v) is 13.7. The summed E-state index contributed by atoms with van der Waals surface area (Å²) in [6, 6.07) is 6.39. The highest BCUT2D eigenvalue weighted by molar-refractivity contribution is 7.90. The molecule has 6 fully saturated rings. The highest BCUT2D eigenvalue weighted by Crippen LogP contribution is 2.88. The number of benzene rings is 1. The van der Waals surface area contributed by atoms with Crippen molar-refractivity contribution in [3.05, 3.63) is 53.6 Å². The molecule has 0 aromatic heterocycles. The minimum absolute atomic E-state index is 0.0252. The second-order valence-electron chi connectivity index (χ2n) is 20.8. The van der Waals surface area contributed by atoms with Gasteiger partial charge < -0.3 is 10.2 Å². The Morgan fingerprint density at radius 1 is 0.948 bits per heavy atom. The summed E-state index contributed by atoms with van der Waals surface area (Å²) in [6.07, 6.45) is 13.5. The number of fused-ring (bicyclic) bond motifs is 2. The average molecular weight is 814 g/mol. The molecule has 1 aliphatic heterocycles. The van der Waals surface area contributed by atoms with E-state index in [9.17, 15) is 27.6 Å². The van der Waals surface area contributed by atoms with Crippen LogP contribution >= 0.6 is 0 Å². The Morgan fingerprint density at radius 3 is 2.21 bits per heavy atom. The lowest BCUT2D eigenvalue weighted by molar-refractivity contribution is -0.147. The van der Waals surface area contributed by atoms with Gasteiger partial charge in [0.1, 0.15) is 0 Å². The number of allylic oxidation sites excluding steroid dienone is 1. The van der Waals surface area contributed by atoms with Crippen LogP contribution in [0.1, 0.15) is 136 Å². The number of nitrogens with one attached hydrogen (secondary N) is 2. The van der Waals surface area contributed by atoms with E-state index in [4.69, 9.17) is 0 Å². The summed E-state index contributed by atoms with van der Waals surface area (Å²) in [4.78, 5) is 74.2. The molecule has 58 heavy (non-hydrogen) atoms. The van der Waals surface area contributed by atoms with Crippen LogP contribution in [0, 0.1) is 44.8 Å². The van der Waals surface area contributed by atoms with E-state index in [2.05, 4.69) is 30.5 Å². The van der Waals surface area contributed by atoms with E-state index in [1.54, 1.807) is 11.0 Å². The van der Waals surface area contributed by atoms with Crippen molar-refractivity contribution in [2.45, 2.75) is 148 Å². The summed E-state index contributed by atoms with van der Waals surface area (Å²) >= 11 is 0. The molecular formula is C47H63N3O7S. The molecule has 1 saturated heterocycles. The van der Waals surface area contributed by atoms with Gasteiger partial charge in [0, 0.05) is 42.7 Å². The first-order valence-electron chi connectivity index (χ1n) is 21.9. The van der Waals surface area contributed by atoms with Gasteiger partial charge in [-0.15, -0.1) is 6.58 Å². The molecule has 7 aliphatic rings. The number of hydrogen-bond donors (Lipinski definition) is 2. The smallest absolute Gasteiger partial charge is 0.248 e. The second-order valence-corrected chi connectivity index (χ2v) is 22.8. The zero-order valence-corrected chi connectivity index (χ0v) is 36.0. The molecular weight excluding hydrogens is 751 g/mol. The van der Waals surface area contributed by atoms with Gasteiger partial charge in [-0.2, -0.15) is 0 Å². The molecule has 6 atom stereocenters. The lowest BCUT2D eigenvalue weighted by Gasteiger charge is -2.37. The summed E-state index contributed by atoms with van der Waals surface area (Å²) in [6.45, 7) is 14.7. The molecule has 1 aromatic rings. The van der Waals surface area contributed by atoms with Crippen molar-refractivity contribution in [1.29, 1.82) is 0 Å². The van der Waals surface area contributed by atoms with Crippen LogP contribution in [0.3, 0.4) is 0 Å². The molecule has 1 heterocycles. The number of carbonyl (C=O) groups is 5. The standard InChI is InChI=1S/C47H63N3O7S/c1-7-33-25-45(33,42(55)49-58(56,57)34-18-19-34)27-38(52)36-26-47(44(5,6)46(47)20-13-21-46)28-50(36)41(54)35(43(2,3)4)24-37(51)39(29-14-9-8-10-15-29)48-40(53)32-22-30-16-11-12-17-31(30)23-32/h7,11-12,16-17,22,29,33-36,39H,1,8-10,13-15,18-21,23-28H2,2-6H3,(H,48,53)(H,49,55)/t33-,35-,36+,39?,45-,47-/m1/s1. The molecule has 5 saturated carbocycles. The van der Waals surface area contributed by atoms with Gasteiger partial charge in [0.2, 0.25) is 27.7 Å². The Balaban J connectivity index is 1.06. The van der Waals surface area contributed by atoms with Crippen molar-refractivity contribution in [2.75, 3.05) is 6.54 Å². The molecule has 8 rings (SSSR count). The van der Waals surface area contributed by atoms with Gasteiger partial charge in [-0.05, 0) is 96.7 Å². The first-order chi connectivity index (χ1) is 27.3. The topological polar surface area (TPSA) is 147 Å². The van der Waals surface area contributed by atoms with E-state index in [1.807, 2.05) is 51.1 Å². The van der Waals surface area contributed by atoms with E-state index >= 15 is 4.79 Å². The fourth-order valence-electron chi connectivity index (χ4n) is 12.3. The Bertz CT molecular complexity index is 2070. The molecule has 314 valence electrons. The number of ketones is 2. The monoisotopic (exact) mass is 813 g/mol. The van der Waals surface area contributed by atoms with Crippen LogP contribution in [0.5, 0.6) is 0 Å². The van der Waals surface area contributed by atoms with Crippen molar-refractivity contribution in [3.63, 3.8) is 0 Å². The van der Waals surface area contributed by atoms with Gasteiger partial charge in [0.05, 0.1) is 22.7 Å². The van der Waals surface area contributed by atoms with Crippen LogP contribution in [0.25, 0.3) is 6.08 Å². The third-order valence-corrected chi connectivity index (χ3v) is 18.4. The number of sulfonamides is 1. The molecule has 1 aromatic carbocycles. The molecule has 0 bridgehead atoms. The van der Waals surface area contributed by atoms with Crippen LogP contribution in [-0.4, -0.2) is 66.5 Å². The highest BCUT2D eigenvalue weighted by atomic mass is 32.2. The van der Waals surface area contributed by atoms with Crippen molar-refractivity contribution < 1.29 is 32.4 Å². The maximum atomic E-state index is 15.3. The number of carbonyl (C=O) groups excluding carboxylic acids is 5. The van der Waals surface area contributed by atoms with Crippen molar-refractivity contribution in [1.82, 2.24) is 14.9 Å². The lowest BCUT2D eigenvalue weighted by atomic mass is 9.73. The molecule has 10 nitrogen and oxygen atoms in total. The Labute approximate surface area is 344 Å². The van der Waals surface area contributed by atoms with Crippen LogP contribution in [0.4, 0.5) is 0 Å². The molecule has 6 aliphatic carbocycles. The average Bonchev–Trinajstić information content (AvgIpc) is 4.09. The maximum absolute atomic E-state index is 15.3. The van der Waals surface area contributed by atoms with Gasteiger partial charge in [-0.25, -0.2) is 8.42 Å². The third kappa shape index (κ3) is 6.64. The normalized spacial score (nSPS) is 30.4. The summed E-state index contributed by atoms with van der Waals surface area (Å²) in [5.41, 5.74) is 0.518. The summed E-state index contributed by atoms with van der Waals surface area (Å²) < 4.78 is 28.0. The van der Waals surface area contributed by atoms with Gasteiger partial charge in [0.15, 0.2) is 11.6 Å². The first-order valence-corrected chi connectivity index (χ1v) is 23.5. The number of likely N-dealkylation sites (tertiary alicyclic amines) is 1. The van der Waals surface area contributed by atoms with Gasteiger partial charge in [-0.3, -0.25) is 28.7 Å². The summed E-state index contributed by atoms with van der Waals surface area (Å²) in [5.74, 6) is -2.65. The fraction of sp³-hybridized carbons (Fsp3) is 0.681. The van der Waals surface area contributed by atoms with E-state index in [1.165, 1.54) is 0 Å². The molecule has 11 heteroatoms. The third-order valence-electron chi connectivity index (χ3n) is 16.6. The van der Waals surface area contributed by atoms with Crippen LogP contribution in [0.2, 0.25) is 0 Å². The van der Waals surface area contributed by atoms with Crippen molar-refractivity contribution in [2.24, 2.45) is 44.8 Å². The zero-order valence-electron chi connectivity index (χ0n) is 35.2. The molecule has 3 amide bonds. The van der Waals surface area contributed by atoms with E-state index in [-0.39, 0.29) is 64.3 Å². The predicted octanol–water partition coefficient (Wildman–Crippen LogP) is 6.87. The summed E-state index contributed by atoms with van der Waals surface area (Å²) in [7, 11) is -3.83.